The summed E-state index contributed by atoms with van der Waals surface area (Å²) >= 11 is 1.83. The Bertz CT molecular complexity index is 186. The van der Waals surface area contributed by atoms with E-state index in [0.717, 1.165) is 11.7 Å². The van der Waals surface area contributed by atoms with Crippen LogP contribution in [0.3, 0.4) is 0 Å². The number of hydrogen-bond donors (Lipinski definition) is 2. The molecular weight excluding hydrogens is 158 g/mol. The second kappa shape index (κ2) is 4.28. The molecule has 0 fully saturated rings. The second-order valence-corrected chi connectivity index (χ2v) is 3.35. The van der Waals surface area contributed by atoms with Crippen LogP contribution in [0, 0.1) is 0 Å². The Balaban J connectivity index is 2.31. The van der Waals surface area contributed by atoms with Gasteiger partial charge in [-0.3, -0.25) is 0 Å². The smallest absolute Gasteiger partial charge is 0.200 e. The maximum Gasteiger partial charge on any atom is 0.200 e. The fourth-order valence-corrected chi connectivity index (χ4v) is 1.45. The minimum Gasteiger partial charge on any atom is -0.353 e. The van der Waals surface area contributed by atoms with Gasteiger partial charge in [0.2, 0.25) is 0 Å². The van der Waals surface area contributed by atoms with Crippen molar-refractivity contribution in [3.63, 3.8) is 0 Å². The SMILES string of the molecule is CSCC(C)Nc1ncc[nH]1. The van der Waals surface area contributed by atoms with Gasteiger partial charge in [-0.15, -0.1) is 0 Å². The topological polar surface area (TPSA) is 40.7 Å². The Morgan fingerprint density at radius 1 is 1.82 bits per heavy atom. The number of thioether (sulfide) groups is 1. The van der Waals surface area contributed by atoms with Gasteiger partial charge >= 0.3 is 0 Å². The molecule has 3 nitrogen and oxygen atoms in total. The standard InChI is InChI=1S/C7H13N3S/c1-6(5-11-2)10-7-8-3-4-9-7/h3-4,6H,5H2,1-2H3,(H2,8,9,10). The number of nitrogens with zero attached hydrogens (tertiary/aromatic N) is 1. The van der Waals surface area contributed by atoms with E-state index in [1.54, 1.807) is 6.20 Å². The molecule has 0 aliphatic carbocycles. The van der Waals surface area contributed by atoms with Crippen LogP contribution in [0.1, 0.15) is 6.92 Å². The normalized spacial score (nSPS) is 12.9. The van der Waals surface area contributed by atoms with E-state index >= 15 is 0 Å². The predicted molar refractivity (Wildman–Crippen MR) is 50.1 cm³/mol. The van der Waals surface area contributed by atoms with Crippen molar-refractivity contribution in [1.82, 2.24) is 9.97 Å². The number of anilines is 1. The molecule has 2 N–H and O–H groups in total. The number of nitrogens with one attached hydrogen (secondary N) is 2. The van der Waals surface area contributed by atoms with Crippen LogP contribution in [0.25, 0.3) is 0 Å². The summed E-state index contributed by atoms with van der Waals surface area (Å²) in [4.78, 5) is 7.06. The third kappa shape index (κ3) is 2.84. The van der Waals surface area contributed by atoms with Crippen LogP contribution in [0.5, 0.6) is 0 Å². The fourth-order valence-electron chi connectivity index (χ4n) is 0.869. The van der Waals surface area contributed by atoms with Gasteiger partial charge in [-0.2, -0.15) is 11.8 Å². The molecule has 4 heteroatoms. The van der Waals surface area contributed by atoms with Crippen LogP contribution < -0.4 is 5.32 Å². The highest BCUT2D eigenvalue weighted by Gasteiger charge is 2.00. The summed E-state index contributed by atoms with van der Waals surface area (Å²) in [5.74, 6) is 1.95. The van der Waals surface area contributed by atoms with Crippen LogP contribution in [0.4, 0.5) is 5.95 Å². The van der Waals surface area contributed by atoms with E-state index in [2.05, 4.69) is 28.5 Å². The first-order valence-electron chi connectivity index (χ1n) is 3.58. The molecule has 0 aliphatic heterocycles. The predicted octanol–water partition coefficient (Wildman–Crippen LogP) is 1.57. The monoisotopic (exact) mass is 171 g/mol. The first kappa shape index (κ1) is 8.46. The summed E-state index contributed by atoms with van der Waals surface area (Å²) in [5.41, 5.74) is 0. The highest BCUT2D eigenvalue weighted by molar-refractivity contribution is 7.98. The molecule has 1 unspecified atom stereocenters. The molecule has 0 radical (unpaired) electrons. The number of aromatic amines is 1. The highest BCUT2D eigenvalue weighted by atomic mass is 32.2. The summed E-state index contributed by atoms with van der Waals surface area (Å²) in [7, 11) is 0. The first-order chi connectivity index (χ1) is 5.33. The minimum atomic E-state index is 0.469. The van der Waals surface area contributed by atoms with E-state index in [0.29, 0.717) is 6.04 Å². The molecule has 0 aromatic carbocycles. The largest absolute Gasteiger partial charge is 0.353 e. The molecular formula is C7H13N3S. The van der Waals surface area contributed by atoms with E-state index in [1.807, 2.05) is 18.0 Å². The molecule has 0 spiro atoms. The van der Waals surface area contributed by atoms with Gasteiger partial charge in [0.1, 0.15) is 0 Å². The number of H-pyrrole nitrogens is 1. The van der Waals surface area contributed by atoms with Crippen LogP contribution in [0.15, 0.2) is 12.4 Å². The Hall–Kier alpha value is -0.640. The van der Waals surface area contributed by atoms with Crippen LogP contribution in [0.2, 0.25) is 0 Å². The summed E-state index contributed by atoms with van der Waals surface area (Å²) in [5, 5.41) is 3.24. The lowest BCUT2D eigenvalue weighted by Gasteiger charge is -2.10. The van der Waals surface area contributed by atoms with Crippen molar-refractivity contribution in [3.05, 3.63) is 12.4 Å². The number of imidazole rings is 1. The zero-order chi connectivity index (χ0) is 8.10. The Morgan fingerprint density at radius 2 is 2.64 bits per heavy atom. The Kier molecular flexibility index (Phi) is 3.29. The highest BCUT2D eigenvalue weighted by Crippen LogP contribution is 2.02. The van der Waals surface area contributed by atoms with Gasteiger partial charge in [-0.1, -0.05) is 0 Å². The summed E-state index contributed by atoms with van der Waals surface area (Å²) in [6.45, 7) is 2.14. The fraction of sp³-hybridized carbons (Fsp3) is 0.571. The van der Waals surface area contributed by atoms with Crippen molar-refractivity contribution in [2.24, 2.45) is 0 Å². The zero-order valence-corrected chi connectivity index (χ0v) is 7.61. The average Bonchev–Trinajstić information content (AvgIpc) is 2.40. The summed E-state index contributed by atoms with van der Waals surface area (Å²) in [6, 6.07) is 0.469. The molecule has 1 atom stereocenters. The van der Waals surface area contributed by atoms with Crippen molar-refractivity contribution in [2.45, 2.75) is 13.0 Å². The van der Waals surface area contributed by atoms with Crippen molar-refractivity contribution in [2.75, 3.05) is 17.3 Å². The van der Waals surface area contributed by atoms with E-state index in [9.17, 15) is 0 Å². The molecule has 11 heavy (non-hydrogen) atoms. The Labute approximate surface area is 71.0 Å². The van der Waals surface area contributed by atoms with Gasteiger partial charge in [-0.05, 0) is 13.2 Å². The lowest BCUT2D eigenvalue weighted by Crippen LogP contribution is -2.18. The molecule has 0 saturated heterocycles. The lowest BCUT2D eigenvalue weighted by molar-refractivity contribution is 0.895. The summed E-state index contributed by atoms with van der Waals surface area (Å²) in [6.07, 6.45) is 5.66. The van der Waals surface area contributed by atoms with Gasteiger partial charge in [0, 0.05) is 24.2 Å². The zero-order valence-electron chi connectivity index (χ0n) is 6.79. The van der Waals surface area contributed by atoms with E-state index < -0.39 is 0 Å². The van der Waals surface area contributed by atoms with Crippen LogP contribution in [-0.2, 0) is 0 Å². The molecule has 0 amide bonds. The van der Waals surface area contributed by atoms with Crippen LogP contribution >= 0.6 is 11.8 Å². The van der Waals surface area contributed by atoms with Gasteiger partial charge in [0.05, 0.1) is 0 Å². The molecule has 0 saturated carbocycles. The van der Waals surface area contributed by atoms with Gasteiger partial charge < -0.3 is 10.3 Å². The van der Waals surface area contributed by atoms with Crippen LogP contribution in [-0.4, -0.2) is 28.0 Å². The number of hydrogen-bond acceptors (Lipinski definition) is 3. The minimum absolute atomic E-state index is 0.469. The van der Waals surface area contributed by atoms with Crippen molar-refractivity contribution >= 4 is 17.7 Å². The first-order valence-corrected chi connectivity index (χ1v) is 4.97. The van der Waals surface area contributed by atoms with Gasteiger partial charge in [0.15, 0.2) is 5.95 Å². The maximum absolute atomic E-state index is 4.06. The molecule has 0 bridgehead atoms. The van der Waals surface area contributed by atoms with E-state index in [4.69, 9.17) is 0 Å². The van der Waals surface area contributed by atoms with Crippen molar-refractivity contribution < 1.29 is 0 Å². The molecule has 0 aliphatic rings. The van der Waals surface area contributed by atoms with Gasteiger partial charge in [0.25, 0.3) is 0 Å². The molecule has 1 aromatic rings. The quantitative estimate of drug-likeness (QED) is 0.722. The second-order valence-electron chi connectivity index (χ2n) is 2.44. The molecule has 1 aromatic heterocycles. The maximum atomic E-state index is 4.06. The number of aromatic nitrogens is 2. The average molecular weight is 171 g/mol. The summed E-state index contributed by atoms with van der Waals surface area (Å²) < 4.78 is 0. The van der Waals surface area contributed by atoms with E-state index in [-0.39, 0.29) is 0 Å². The van der Waals surface area contributed by atoms with E-state index in [1.165, 1.54) is 0 Å². The third-order valence-electron chi connectivity index (χ3n) is 1.30. The third-order valence-corrected chi connectivity index (χ3v) is 2.13. The Morgan fingerprint density at radius 3 is 3.18 bits per heavy atom. The van der Waals surface area contributed by atoms with Crippen molar-refractivity contribution in [1.29, 1.82) is 0 Å². The van der Waals surface area contributed by atoms with Gasteiger partial charge in [-0.25, -0.2) is 4.98 Å². The molecule has 1 rings (SSSR count). The number of rotatable bonds is 4. The molecule has 62 valence electrons. The lowest BCUT2D eigenvalue weighted by atomic mass is 10.4. The molecule has 1 heterocycles. The van der Waals surface area contributed by atoms with Crippen molar-refractivity contribution in [3.8, 4) is 0 Å².